The number of rotatable bonds is 6. The number of carboxylic acids is 1. The van der Waals surface area contributed by atoms with Crippen LogP contribution in [0.4, 0.5) is 0 Å². The molecule has 0 unspecified atom stereocenters. The summed E-state index contributed by atoms with van der Waals surface area (Å²) in [5.41, 5.74) is 2.41. The van der Waals surface area contributed by atoms with E-state index < -0.39 is 17.5 Å². The first kappa shape index (κ1) is 18.8. The Kier molecular flexibility index (Phi) is 5.60. The lowest BCUT2D eigenvalue weighted by Gasteiger charge is -2.43. The van der Waals surface area contributed by atoms with Gasteiger partial charge in [-0.1, -0.05) is 12.1 Å². The van der Waals surface area contributed by atoms with Crippen molar-refractivity contribution in [1.29, 1.82) is 0 Å². The fourth-order valence-electron chi connectivity index (χ4n) is 3.59. The maximum Gasteiger partial charge on any atom is 0.313 e. The molecule has 0 bridgehead atoms. The number of aliphatic hydroxyl groups excluding tert-OH is 1. The van der Waals surface area contributed by atoms with Gasteiger partial charge in [-0.15, -0.1) is 11.3 Å². The molecule has 2 atom stereocenters. The number of nitrogens with zero attached hydrogens (tertiary/aromatic N) is 2. The lowest BCUT2D eigenvalue weighted by Crippen LogP contribution is -2.56. The number of aryl methyl sites for hydroxylation is 1. The molecule has 1 fully saturated rings. The molecule has 1 aromatic heterocycles. The molecule has 1 saturated heterocycles. The number of aliphatic carboxylic acids is 1. The van der Waals surface area contributed by atoms with Crippen molar-refractivity contribution in [2.75, 3.05) is 20.2 Å². The Bertz CT molecular complexity index is 778. The van der Waals surface area contributed by atoms with Crippen LogP contribution in [0.25, 0.3) is 0 Å². The molecule has 0 saturated carbocycles. The topological polar surface area (TPSA) is 82.9 Å². The number of carboxylic acid groups (broad SMARTS) is 1. The Labute approximate surface area is 157 Å². The molecule has 26 heavy (non-hydrogen) atoms. The second-order valence-corrected chi connectivity index (χ2v) is 7.80. The van der Waals surface area contributed by atoms with Crippen molar-refractivity contribution in [3.63, 3.8) is 0 Å². The third kappa shape index (κ3) is 3.75. The van der Waals surface area contributed by atoms with Crippen molar-refractivity contribution in [2.24, 2.45) is 5.41 Å². The van der Waals surface area contributed by atoms with Crippen LogP contribution in [0.15, 0.2) is 29.8 Å². The number of carbonyl (C=O) groups is 1. The molecule has 2 heterocycles. The van der Waals surface area contributed by atoms with Crippen molar-refractivity contribution in [3.8, 4) is 5.75 Å². The number of hydrogen-bond acceptors (Lipinski definition) is 6. The summed E-state index contributed by atoms with van der Waals surface area (Å²) < 4.78 is 5.24. The van der Waals surface area contributed by atoms with E-state index in [1.165, 1.54) is 0 Å². The van der Waals surface area contributed by atoms with Crippen LogP contribution >= 0.6 is 11.3 Å². The standard InChI is InChI=1S/C19H24N2O4S/c1-13-16(26-12-20-13)10-21-7-6-17(22)19(11-21,18(23)24)9-14-4-3-5-15(8-14)25-2/h3-5,8,12,17,22H,6-7,9-11H2,1-2H3,(H,23,24)/t17-,19-/m1/s1. The molecular formula is C19H24N2O4S. The largest absolute Gasteiger partial charge is 0.497 e. The maximum atomic E-state index is 12.2. The average molecular weight is 376 g/mol. The Morgan fingerprint density at radius 2 is 2.31 bits per heavy atom. The van der Waals surface area contributed by atoms with Crippen LogP contribution in [0.2, 0.25) is 0 Å². The average Bonchev–Trinajstić information content (AvgIpc) is 3.02. The Morgan fingerprint density at radius 1 is 1.50 bits per heavy atom. The molecule has 0 radical (unpaired) electrons. The van der Waals surface area contributed by atoms with Crippen molar-refractivity contribution < 1.29 is 19.7 Å². The normalized spacial score (nSPS) is 23.7. The molecule has 3 rings (SSSR count). The molecule has 1 aromatic carbocycles. The van der Waals surface area contributed by atoms with E-state index >= 15 is 0 Å². The number of benzene rings is 1. The second-order valence-electron chi connectivity index (χ2n) is 6.87. The Balaban J connectivity index is 1.84. The van der Waals surface area contributed by atoms with Crippen LogP contribution < -0.4 is 4.74 Å². The highest BCUT2D eigenvalue weighted by atomic mass is 32.1. The highest BCUT2D eigenvalue weighted by Crippen LogP contribution is 2.36. The molecule has 2 aromatic rings. The number of likely N-dealkylation sites (tertiary alicyclic amines) is 1. The third-order valence-electron chi connectivity index (χ3n) is 5.15. The fraction of sp³-hybridized carbons (Fsp3) is 0.474. The third-order valence-corrected chi connectivity index (χ3v) is 6.07. The van der Waals surface area contributed by atoms with Crippen molar-refractivity contribution >= 4 is 17.3 Å². The van der Waals surface area contributed by atoms with Gasteiger partial charge in [0.25, 0.3) is 0 Å². The first-order chi connectivity index (χ1) is 12.4. The number of methoxy groups -OCH3 is 1. The van der Waals surface area contributed by atoms with Gasteiger partial charge in [-0.25, -0.2) is 4.98 Å². The van der Waals surface area contributed by atoms with Crippen molar-refractivity contribution in [3.05, 3.63) is 45.9 Å². The molecule has 2 N–H and O–H groups in total. The monoisotopic (exact) mass is 376 g/mol. The van der Waals surface area contributed by atoms with E-state index in [0.717, 1.165) is 16.1 Å². The molecule has 1 aliphatic heterocycles. The molecular weight excluding hydrogens is 352 g/mol. The van der Waals surface area contributed by atoms with E-state index in [4.69, 9.17) is 4.74 Å². The molecule has 0 amide bonds. The van der Waals surface area contributed by atoms with E-state index in [1.807, 2.05) is 36.7 Å². The quantitative estimate of drug-likeness (QED) is 0.805. The number of aromatic nitrogens is 1. The van der Waals surface area contributed by atoms with E-state index in [2.05, 4.69) is 9.88 Å². The second kappa shape index (κ2) is 7.73. The van der Waals surface area contributed by atoms with Crippen LogP contribution in [-0.2, 0) is 17.8 Å². The van der Waals surface area contributed by atoms with E-state index in [-0.39, 0.29) is 6.42 Å². The first-order valence-electron chi connectivity index (χ1n) is 8.60. The zero-order valence-corrected chi connectivity index (χ0v) is 15.8. The summed E-state index contributed by atoms with van der Waals surface area (Å²) in [5.74, 6) is -0.274. The van der Waals surface area contributed by atoms with Crippen molar-refractivity contribution in [1.82, 2.24) is 9.88 Å². The predicted molar refractivity (Wildman–Crippen MR) is 99.5 cm³/mol. The number of hydrogen-bond donors (Lipinski definition) is 2. The summed E-state index contributed by atoms with van der Waals surface area (Å²) in [6, 6.07) is 7.39. The summed E-state index contributed by atoms with van der Waals surface area (Å²) in [7, 11) is 1.58. The molecule has 7 heteroatoms. The molecule has 0 spiro atoms. The van der Waals surface area contributed by atoms with Gasteiger partial charge in [0.05, 0.1) is 24.4 Å². The zero-order chi connectivity index (χ0) is 18.7. The van der Waals surface area contributed by atoms with Gasteiger partial charge in [0.15, 0.2) is 0 Å². The molecule has 0 aliphatic carbocycles. The zero-order valence-electron chi connectivity index (χ0n) is 15.0. The lowest BCUT2D eigenvalue weighted by atomic mass is 9.73. The SMILES string of the molecule is COc1cccc(C[C@@]2(C(=O)O)CN(Cc3scnc3C)CC[C@H]2O)c1. The van der Waals surface area contributed by atoms with Gasteiger partial charge in [-0.2, -0.15) is 0 Å². The van der Waals surface area contributed by atoms with E-state index in [1.54, 1.807) is 18.4 Å². The minimum Gasteiger partial charge on any atom is -0.497 e. The number of piperidine rings is 1. The van der Waals surface area contributed by atoms with Gasteiger partial charge in [-0.3, -0.25) is 9.69 Å². The maximum absolute atomic E-state index is 12.2. The summed E-state index contributed by atoms with van der Waals surface area (Å²) in [6.07, 6.45) is -0.183. The van der Waals surface area contributed by atoms with Gasteiger partial charge in [0, 0.05) is 24.5 Å². The summed E-state index contributed by atoms with van der Waals surface area (Å²) in [4.78, 5) is 19.8. The van der Waals surface area contributed by atoms with Crippen LogP contribution in [-0.4, -0.2) is 52.4 Å². The van der Waals surface area contributed by atoms with Gasteiger partial charge in [0.2, 0.25) is 0 Å². The van der Waals surface area contributed by atoms with E-state index in [9.17, 15) is 15.0 Å². The van der Waals surface area contributed by atoms with Crippen LogP contribution in [0.3, 0.4) is 0 Å². The van der Waals surface area contributed by atoms with Crippen LogP contribution in [0.5, 0.6) is 5.75 Å². The molecule has 6 nitrogen and oxygen atoms in total. The summed E-state index contributed by atoms with van der Waals surface area (Å²) in [6.45, 7) is 3.60. The minimum absolute atomic E-state index is 0.263. The van der Waals surface area contributed by atoms with Crippen LogP contribution in [0, 0.1) is 12.3 Å². The fourth-order valence-corrected chi connectivity index (χ4v) is 4.41. The van der Waals surface area contributed by atoms with Gasteiger partial charge in [0.1, 0.15) is 11.2 Å². The van der Waals surface area contributed by atoms with E-state index in [0.29, 0.717) is 31.8 Å². The molecule has 1 aliphatic rings. The number of aliphatic hydroxyl groups is 1. The number of thiazole rings is 1. The van der Waals surface area contributed by atoms with Gasteiger partial charge < -0.3 is 14.9 Å². The smallest absolute Gasteiger partial charge is 0.313 e. The van der Waals surface area contributed by atoms with Crippen LogP contribution in [0.1, 0.15) is 22.6 Å². The Morgan fingerprint density at radius 3 is 2.96 bits per heavy atom. The highest BCUT2D eigenvalue weighted by molar-refractivity contribution is 7.09. The highest BCUT2D eigenvalue weighted by Gasteiger charge is 2.49. The Hall–Kier alpha value is -1.96. The first-order valence-corrected chi connectivity index (χ1v) is 9.48. The number of ether oxygens (including phenoxy) is 1. The van der Waals surface area contributed by atoms with Crippen molar-refractivity contribution in [2.45, 2.75) is 32.4 Å². The summed E-state index contributed by atoms with van der Waals surface area (Å²) >= 11 is 1.58. The van der Waals surface area contributed by atoms with Gasteiger partial charge in [-0.05, 0) is 37.5 Å². The summed E-state index contributed by atoms with van der Waals surface area (Å²) in [5, 5.41) is 20.6. The lowest BCUT2D eigenvalue weighted by molar-refractivity contribution is -0.163. The predicted octanol–water partition coefficient (Wildman–Crippen LogP) is 2.34. The van der Waals surface area contributed by atoms with Gasteiger partial charge >= 0.3 is 5.97 Å². The minimum atomic E-state index is -1.23. The molecule has 140 valence electrons.